The van der Waals surface area contributed by atoms with Gasteiger partial charge in [-0.3, -0.25) is 4.98 Å². The molecule has 4 nitrogen and oxygen atoms in total. The zero-order valence-electron chi connectivity index (χ0n) is 7.20. The van der Waals surface area contributed by atoms with E-state index < -0.39 is 7.12 Å². The molecule has 0 atom stereocenters. The second-order valence-electron chi connectivity index (χ2n) is 3.17. The highest BCUT2D eigenvalue weighted by Crippen LogP contribution is 2.08. The predicted octanol–water partition coefficient (Wildman–Crippen LogP) is -1.59. The van der Waals surface area contributed by atoms with Crippen molar-refractivity contribution in [1.29, 1.82) is 0 Å². The monoisotopic (exact) mass is 178 g/mol. The Morgan fingerprint density at radius 2 is 2.31 bits per heavy atom. The molecule has 1 aliphatic rings. The third-order valence-electron chi connectivity index (χ3n) is 2.24. The van der Waals surface area contributed by atoms with Gasteiger partial charge in [-0.05, 0) is 18.5 Å². The van der Waals surface area contributed by atoms with E-state index in [9.17, 15) is 0 Å². The van der Waals surface area contributed by atoms with Gasteiger partial charge >= 0.3 is 7.12 Å². The summed E-state index contributed by atoms with van der Waals surface area (Å²) in [6.07, 6.45) is 2.42. The van der Waals surface area contributed by atoms with Gasteiger partial charge in [0, 0.05) is 18.2 Å². The maximum atomic E-state index is 8.93. The predicted molar refractivity (Wildman–Crippen MR) is 49.5 cm³/mol. The van der Waals surface area contributed by atoms with Crippen molar-refractivity contribution in [2.24, 2.45) is 0 Å². The van der Waals surface area contributed by atoms with Crippen LogP contribution in [0.5, 0.6) is 0 Å². The summed E-state index contributed by atoms with van der Waals surface area (Å²) < 4.78 is 0. The van der Waals surface area contributed by atoms with E-state index in [1.165, 1.54) is 6.20 Å². The van der Waals surface area contributed by atoms with Gasteiger partial charge in [0.1, 0.15) is 0 Å². The lowest BCUT2D eigenvalue weighted by molar-refractivity contribution is 0.425. The van der Waals surface area contributed by atoms with Crippen molar-refractivity contribution in [1.82, 2.24) is 10.3 Å². The molecule has 68 valence electrons. The maximum Gasteiger partial charge on any atom is 0.490 e. The van der Waals surface area contributed by atoms with E-state index in [0.717, 1.165) is 30.8 Å². The minimum Gasteiger partial charge on any atom is -0.423 e. The van der Waals surface area contributed by atoms with Gasteiger partial charge in [-0.2, -0.15) is 0 Å². The summed E-state index contributed by atoms with van der Waals surface area (Å²) in [5, 5.41) is 21.1. The smallest absolute Gasteiger partial charge is 0.423 e. The molecule has 13 heavy (non-hydrogen) atoms. The van der Waals surface area contributed by atoms with E-state index >= 15 is 0 Å². The molecule has 0 saturated carbocycles. The Balaban J connectivity index is 2.35. The van der Waals surface area contributed by atoms with Crippen LogP contribution in [0.1, 0.15) is 11.3 Å². The van der Waals surface area contributed by atoms with Crippen molar-refractivity contribution in [2.75, 3.05) is 6.54 Å². The van der Waals surface area contributed by atoms with Crippen LogP contribution in [0.2, 0.25) is 0 Å². The van der Waals surface area contributed by atoms with Gasteiger partial charge in [0.2, 0.25) is 0 Å². The van der Waals surface area contributed by atoms with E-state index in [-0.39, 0.29) is 0 Å². The van der Waals surface area contributed by atoms with Crippen LogP contribution < -0.4 is 10.8 Å². The van der Waals surface area contributed by atoms with Crippen molar-refractivity contribution in [3.8, 4) is 0 Å². The van der Waals surface area contributed by atoms with E-state index in [0.29, 0.717) is 5.46 Å². The second-order valence-corrected chi connectivity index (χ2v) is 3.17. The largest absolute Gasteiger partial charge is 0.490 e. The Morgan fingerprint density at radius 1 is 1.46 bits per heavy atom. The Kier molecular flexibility index (Phi) is 2.31. The lowest BCUT2D eigenvalue weighted by Gasteiger charge is -2.16. The minimum absolute atomic E-state index is 0.473. The molecule has 0 spiro atoms. The summed E-state index contributed by atoms with van der Waals surface area (Å²) in [6.45, 7) is 1.71. The molecule has 0 saturated heterocycles. The average molecular weight is 178 g/mol. The molecule has 0 amide bonds. The molecular weight excluding hydrogens is 167 g/mol. The summed E-state index contributed by atoms with van der Waals surface area (Å²) in [7, 11) is -1.41. The van der Waals surface area contributed by atoms with Crippen LogP contribution in [-0.2, 0) is 13.0 Å². The quantitative estimate of drug-likeness (QED) is 0.453. The van der Waals surface area contributed by atoms with Crippen molar-refractivity contribution >= 4 is 12.6 Å². The minimum atomic E-state index is -1.41. The molecule has 1 aromatic heterocycles. The summed E-state index contributed by atoms with van der Waals surface area (Å²) in [5.74, 6) is 0. The van der Waals surface area contributed by atoms with Crippen LogP contribution >= 0.6 is 0 Å². The number of rotatable bonds is 1. The summed E-state index contributed by atoms with van der Waals surface area (Å²) >= 11 is 0. The van der Waals surface area contributed by atoms with Crippen LogP contribution in [-0.4, -0.2) is 28.7 Å². The molecule has 1 aliphatic heterocycles. The lowest BCUT2D eigenvalue weighted by Crippen LogP contribution is -2.33. The first-order valence-corrected chi connectivity index (χ1v) is 4.32. The van der Waals surface area contributed by atoms with Crippen molar-refractivity contribution in [3.05, 3.63) is 23.5 Å². The van der Waals surface area contributed by atoms with Gasteiger partial charge in [0.15, 0.2) is 0 Å². The molecule has 0 bridgehead atoms. The van der Waals surface area contributed by atoms with Gasteiger partial charge in [-0.25, -0.2) is 0 Å². The molecule has 3 N–H and O–H groups in total. The first-order chi connectivity index (χ1) is 6.27. The first kappa shape index (κ1) is 8.68. The standard InChI is InChI=1S/C8H11BN2O2/c12-9(13)7-3-6-1-2-10-5-8(6)11-4-7/h3-4,10,12-13H,1-2,5H2. The highest BCUT2D eigenvalue weighted by Gasteiger charge is 2.15. The van der Waals surface area contributed by atoms with E-state index in [1.54, 1.807) is 0 Å². The fourth-order valence-corrected chi connectivity index (χ4v) is 1.50. The number of hydrogen-bond acceptors (Lipinski definition) is 4. The van der Waals surface area contributed by atoms with E-state index in [2.05, 4.69) is 10.3 Å². The highest BCUT2D eigenvalue weighted by atomic mass is 16.4. The molecule has 0 aromatic carbocycles. The fourth-order valence-electron chi connectivity index (χ4n) is 1.50. The van der Waals surface area contributed by atoms with Crippen LogP contribution in [0.3, 0.4) is 0 Å². The zero-order chi connectivity index (χ0) is 9.26. The number of nitrogens with zero attached hydrogens (tertiary/aromatic N) is 1. The van der Waals surface area contributed by atoms with Crippen LogP contribution in [0.25, 0.3) is 0 Å². The molecule has 0 fully saturated rings. The first-order valence-electron chi connectivity index (χ1n) is 4.32. The SMILES string of the molecule is OB(O)c1cnc2c(c1)CCNC2. The molecular formula is C8H11BN2O2. The van der Waals surface area contributed by atoms with Crippen molar-refractivity contribution < 1.29 is 10.0 Å². The molecule has 2 rings (SSSR count). The Bertz CT molecular complexity index is 317. The fraction of sp³-hybridized carbons (Fsp3) is 0.375. The number of hydrogen-bond donors (Lipinski definition) is 3. The highest BCUT2D eigenvalue weighted by molar-refractivity contribution is 6.58. The number of pyridine rings is 1. The second kappa shape index (κ2) is 3.45. The molecule has 1 aromatic rings. The van der Waals surface area contributed by atoms with Gasteiger partial charge in [0.05, 0.1) is 5.69 Å². The maximum absolute atomic E-state index is 8.93. The van der Waals surface area contributed by atoms with Crippen LogP contribution in [0.4, 0.5) is 0 Å². The van der Waals surface area contributed by atoms with E-state index in [4.69, 9.17) is 10.0 Å². The Labute approximate surface area is 76.8 Å². The summed E-state index contributed by atoms with van der Waals surface area (Å²) in [4.78, 5) is 4.16. The molecule has 0 radical (unpaired) electrons. The van der Waals surface area contributed by atoms with Crippen LogP contribution in [0, 0.1) is 0 Å². The average Bonchev–Trinajstić information content (AvgIpc) is 2.17. The van der Waals surface area contributed by atoms with E-state index in [1.807, 2.05) is 6.07 Å². The van der Waals surface area contributed by atoms with Crippen molar-refractivity contribution in [2.45, 2.75) is 13.0 Å². The number of aromatic nitrogens is 1. The lowest BCUT2D eigenvalue weighted by atomic mass is 9.80. The Morgan fingerprint density at radius 3 is 3.08 bits per heavy atom. The zero-order valence-corrected chi connectivity index (χ0v) is 7.20. The molecule has 2 heterocycles. The topological polar surface area (TPSA) is 65.4 Å². The number of fused-ring (bicyclic) bond motifs is 1. The summed E-state index contributed by atoms with van der Waals surface area (Å²) in [5.41, 5.74) is 2.60. The molecule has 0 unspecified atom stereocenters. The van der Waals surface area contributed by atoms with Crippen molar-refractivity contribution in [3.63, 3.8) is 0 Å². The normalized spacial score (nSPS) is 15.2. The van der Waals surface area contributed by atoms with Gasteiger partial charge in [-0.1, -0.05) is 6.07 Å². The molecule has 0 aliphatic carbocycles. The third-order valence-corrected chi connectivity index (χ3v) is 2.24. The third kappa shape index (κ3) is 1.72. The number of nitrogens with one attached hydrogen (secondary N) is 1. The van der Waals surface area contributed by atoms with Crippen LogP contribution in [0.15, 0.2) is 12.3 Å². The van der Waals surface area contributed by atoms with Gasteiger partial charge in [-0.15, -0.1) is 0 Å². The Hall–Kier alpha value is -0.905. The van der Waals surface area contributed by atoms with Gasteiger partial charge < -0.3 is 15.4 Å². The van der Waals surface area contributed by atoms with Gasteiger partial charge in [0.25, 0.3) is 0 Å². The summed E-state index contributed by atoms with van der Waals surface area (Å²) in [6, 6.07) is 1.81. The molecule has 5 heteroatoms.